The minimum atomic E-state index is -0.134. The zero-order chi connectivity index (χ0) is 23.6. The molecule has 33 heavy (non-hydrogen) atoms. The van der Waals surface area contributed by atoms with Crippen molar-refractivity contribution in [3.8, 4) is 22.6 Å². The summed E-state index contributed by atoms with van der Waals surface area (Å²) in [5.41, 5.74) is 4.43. The number of ether oxygens (including phenoxy) is 3. The zero-order valence-corrected chi connectivity index (χ0v) is 19.9. The molecule has 1 amide bonds. The second kappa shape index (κ2) is 12.1. The minimum Gasteiger partial charge on any atom is -0.494 e. The number of nitrogens with one attached hydrogen (secondary N) is 1. The number of rotatable bonds is 12. The second-order valence-corrected chi connectivity index (χ2v) is 7.55. The predicted molar refractivity (Wildman–Crippen MR) is 132 cm³/mol. The molecule has 0 saturated carbocycles. The molecule has 3 aromatic rings. The van der Waals surface area contributed by atoms with Gasteiger partial charge in [0.05, 0.1) is 19.5 Å². The van der Waals surface area contributed by atoms with Crippen molar-refractivity contribution in [1.82, 2.24) is 5.32 Å². The number of amides is 1. The number of hydrogen-bond donors (Lipinski definition) is 1. The summed E-state index contributed by atoms with van der Waals surface area (Å²) in [7, 11) is 0. The van der Waals surface area contributed by atoms with Crippen molar-refractivity contribution < 1.29 is 23.4 Å². The average Bonchev–Trinajstić information content (AvgIpc) is 3.22. The number of allylic oxidation sites excluding steroid dienone is 1. The van der Waals surface area contributed by atoms with Gasteiger partial charge in [-0.05, 0) is 63.5 Å². The molecule has 0 bridgehead atoms. The Hall–Kier alpha value is -3.25. The van der Waals surface area contributed by atoms with E-state index in [1.807, 2.05) is 64.1 Å². The second-order valence-electron chi connectivity index (χ2n) is 7.55. The molecule has 2 aromatic carbocycles. The molecule has 6 nitrogen and oxygen atoms in total. The molecule has 3 rings (SSSR count). The van der Waals surface area contributed by atoms with E-state index in [1.54, 1.807) is 12.3 Å². The molecule has 0 radical (unpaired) electrons. The fraction of sp³-hybridized carbons (Fsp3) is 0.370. The number of benzene rings is 2. The molecular weight excluding hydrogens is 418 g/mol. The molecule has 0 fully saturated rings. The first-order valence-corrected chi connectivity index (χ1v) is 11.5. The van der Waals surface area contributed by atoms with Crippen LogP contribution in [0, 0.1) is 0 Å². The highest BCUT2D eigenvalue weighted by Crippen LogP contribution is 2.37. The lowest BCUT2D eigenvalue weighted by Crippen LogP contribution is -2.23. The van der Waals surface area contributed by atoms with Crippen molar-refractivity contribution in [1.29, 1.82) is 0 Å². The minimum absolute atomic E-state index is 0.134. The van der Waals surface area contributed by atoms with Crippen LogP contribution in [0.4, 0.5) is 0 Å². The third-order valence-electron chi connectivity index (χ3n) is 5.19. The number of carbonyl (C=O) groups is 1. The Kier molecular flexibility index (Phi) is 8.95. The van der Waals surface area contributed by atoms with Gasteiger partial charge in [-0.25, -0.2) is 0 Å². The van der Waals surface area contributed by atoms with E-state index in [4.69, 9.17) is 18.6 Å². The Morgan fingerprint density at radius 1 is 1.03 bits per heavy atom. The molecule has 0 saturated heterocycles. The van der Waals surface area contributed by atoms with Gasteiger partial charge in [0.2, 0.25) is 5.91 Å². The van der Waals surface area contributed by atoms with Crippen molar-refractivity contribution >= 4 is 22.4 Å². The molecule has 1 heterocycles. The van der Waals surface area contributed by atoms with Crippen LogP contribution in [0.3, 0.4) is 0 Å². The maximum atomic E-state index is 12.4. The fourth-order valence-corrected chi connectivity index (χ4v) is 3.61. The average molecular weight is 452 g/mol. The first kappa shape index (κ1) is 24.4. The molecule has 0 unspecified atom stereocenters. The highest BCUT2D eigenvalue weighted by atomic mass is 16.5. The van der Waals surface area contributed by atoms with Crippen molar-refractivity contribution in [3.63, 3.8) is 0 Å². The van der Waals surface area contributed by atoms with Crippen LogP contribution in [0.5, 0.6) is 11.5 Å². The summed E-state index contributed by atoms with van der Waals surface area (Å²) >= 11 is 0. The lowest BCUT2D eigenvalue weighted by molar-refractivity contribution is -0.116. The van der Waals surface area contributed by atoms with Gasteiger partial charge in [-0.3, -0.25) is 4.79 Å². The summed E-state index contributed by atoms with van der Waals surface area (Å²) in [6.07, 6.45) is 4.15. The van der Waals surface area contributed by atoms with Crippen LogP contribution in [0.1, 0.15) is 39.7 Å². The van der Waals surface area contributed by atoms with Gasteiger partial charge in [0.1, 0.15) is 17.1 Å². The van der Waals surface area contributed by atoms with Gasteiger partial charge < -0.3 is 23.9 Å². The van der Waals surface area contributed by atoms with E-state index in [1.165, 1.54) is 0 Å². The number of hydrogen-bond acceptors (Lipinski definition) is 5. The van der Waals surface area contributed by atoms with E-state index < -0.39 is 0 Å². The largest absolute Gasteiger partial charge is 0.494 e. The van der Waals surface area contributed by atoms with E-state index >= 15 is 0 Å². The lowest BCUT2D eigenvalue weighted by atomic mass is 9.99. The fourth-order valence-electron chi connectivity index (χ4n) is 3.61. The van der Waals surface area contributed by atoms with Gasteiger partial charge in [0.25, 0.3) is 0 Å². The monoisotopic (exact) mass is 451 g/mol. The highest BCUT2D eigenvalue weighted by molar-refractivity contribution is 6.00. The van der Waals surface area contributed by atoms with Crippen molar-refractivity contribution in [2.75, 3.05) is 33.0 Å². The zero-order valence-electron chi connectivity index (χ0n) is 19.9. The quantitative estimate of drug-likeness (QED) is 0.277. The summed E-state index contributed by atoms with van der Waals surface area (Å²) in [5, 5.41) is 3.87. The number of fused-ring (bicyclic) bond motifs is 1. The van der Waals surface area contributed by atoms with Gasteiger partial charge >= 0.3 is 0 Å². The van der Waals surface area contributed by atoms with E-state index in [0.717, 1.165) is 45.4 Å². The Labute approximate surface area is 195 Å². The molecule has 0 aliphatic carbocycles. The van der Waals surface area contributed by atoms with Crippen LogP contribution in [-0.4, -0.2) is 38.9 Å². The van der Waals surface area contributed by atoms with Crippen LogP contribution in [0.15, 0.2) is 53.2 Å². The summed E-state index contributed by atoms with van der Waals surface area (Å²) in [6, 6.07) is 11.9. The Morgan fingerprint density at radius 2 is 1.79 bits per heavy atom. The highest BCUT2D eigenvalue weighted by Gasteiger charge is 2.15. The molecule has 1 N–H and O–H groups in total. The molecule has 0 aliphatic heterocycles. The summed E-state index contributed by atoms with van der Waals surface area (Å²) in [5.74, 6) is 1.39. The van der Waals surface area contributed by atoms with Gasteiger partial charge in [0.15, 0.2) is 0 Å². The van der Waals surface area contributed by atoms with Crippen molar-refractivity contribution in [3.05, 3.63) is 54.3 Å². The van der Waals surface area contributed by atoms with E-state index in [2.05, 4.69) is 5.32 Å². The van der Waals surface area contributed by atoms with Crippen LogP contribution in [0.25, 0.3) is 27.7 Å². The van der Waals surface area contributed by atoms with E-state index in [-0.39, 0.29) is 5.91 Å². The first-order valence-electron chi connectivity index (χ1n) is 11.5. The topological polar surface area (TPSA) is 69.9 Å². The van der Waals surface area contributed by atoms with E-state index in [9.17, 15) is 4.79 Å². The standard InChI is InChI=1S/C27H33NO5/c1-5-30-14-8-13-28-27(29)15-19(4)22-16-23-24(18-33-26(23)17-25(22)32-7-3)20-9-11-21(12-10-20)31-6-2/h9-12,15-18H,5-8,13-14H2,1-4H3,(H,28,29)/b19-15+. The molecule has 176 valence electrons. The Bertz CT molecular complexity index is 1080. The number of furan rings is 1. The number of carbonyl (C=O) groups excluding carboxylic acids is 1. The Morgan fingerprint density at radius 3 is 2.48 bits per heavy atom. The molecule has 6 heteroatoms. The van der Waals surface area contributed by atoms with Gasteiger partial charge in [-0.2, -0.15) is 0 Å². The molecular formula is C27H33NO5. The smallest absolute Gasteiger partial charge is 0.244 e. The van der Waals surface area contributed by atoms with Gasteiger partial charge in [-0.15, -0.1) is 0 Å². The summed E-state index contributed by atoms with van der Waals surface area (Å²) < 4.78 is 22.6. The normalized spacial score (nSPS) is 11.6. The van der Waals surface area contributed by atoms with Crippen LogP contribution in [0.2, 0.25) is 0 Å². The van der Waals surface area contributed by atoms with E-state index in [0.29, 0.717) is 38.7 Å². The van der Waals surface area contributed by atoms with Gasteiger partial charge in [-0.1, -0.05) is 12.1 Å². The molecule has 0 spiro atoms. The predicted octanol–water partition coefficient (Wildman–Crippen LogP) is 5.84. The maximum Gasteiger partial charge on any atom is 0.244 e. The lowest BCUT2D eigenvalue weighted by Gasteiger charge is -2.12. The molecule has 0 aliphatic rings. The first-order chi connectivity index (χ1) is 16.1. The Balaban J connectivity index is 1.89. The van der Waals surface area contributed by atoms with Crippen molar-refractivity contribution in [2.45, 2.75) is 34.1 Å². The summed E-state index contributed by atoms with van der Waals surface area (Å²) in [4.78, 5) is 12.4. The summed E-state index contributed by atoms with van der Waals surface area (Å²) in [6.45, 7) is 10.8. The van der Waals surface area contributed by atoms with Crippen LogP contribution in [-0.2, 0) is 9.53 Å². The molecule has 0 atom stereocenters. The van der Waals surface area contributed by atoms with Gasteiger partial charge in [0, 0.05) is 48.4 Å². The van der Waals surface area contributed by atoms with Crippen LogP contribution >= 0.6 is 0 Å². The maximum absolute atomic E-state index is 12.4. The SMILES string of the molecule is CCOCCCNC(=O)/C=C(\C)c1cc2c(-c3ccc(OCC)cc3)coc2cc1OCC. The third kappa shape index (κ3) is 6.39. The van der Waals surface area contributed by atoms with Crippen molar-refractivity contribution in [2.24, 2.45) is 0 Å². The van der Waals surface area contributed by atoms with Crippen LogP contribution < -0.4 is 14.8 Å². The third-order valence-corrected chi connectivity index (χ3v) is 5.19. The molecule has 1 aromatic heterocycles.